The molecule has 0 amide bonds. The molecule has 0 atom stereocenters. The van der Waals surface area contributed by atoms with E-state index < -0.39 is 16.2 Å². The molecule has 1 fully saturated rings. The lowest BCUT2D eigenvalue weighted by molar-refractivity contribution is -0.131. The van der Waals surface area contributed by atoms with Crippen molar-refractivity contribution in [3.05, 3.63) is 35.4 Å². The first-order chi connectivity index (χ1) is 9.87. The van der Waals surface area contributed by atoms with Crippen LogP contribution in [0.3, 0.4) is 0 Å². The highest BCUT2D eigenvalue weighted by Gasteiger charge is 2.25. The molecule has 7 heteroatoms. The van der Waals surface area contributed by atoms with Crippen molar-refractivity contribution in [1.29, 1.82) is 0 Å². The van der Waals surface area contributed by atoms with Gasteiger partial charge in [0.1, 0.15) is 0 Å². The maximum Gasteiger partial charge on any atom is 0.328 e. The van der Waals surface area contributed by atoms with Crippen molar-refractivity contribution in [2.45, 2.75) is 19.8 Å². The lowest BCUT2D eigenvalue weighted by atomic mass is 10.1. The van der Waals surface area contributed by atoms with Crippen LogP contribution in [0, 0.1) is 6.92 Å². The number of aryl methyl sites for hydroxylation is 1. The van der Waals surface area contributed by atoms with Crippen LogP contribution in [-0.2, 0) is 15.0 Å². The first-order valence-electron chi connectivity index (χ1n) is 6.67. The number of carbonyl (C=O) groups is 1. The smallest absolute Gasteiger partial charge is 0.328 e. The minimum absolute atomic E-state index is 0.437. The van der Waals surface area contributed by atoms with Gasteiger partial charge in [0.2, 0.25) is 0 Å². The Morgan fingerprint density at radius 2 is 1.95 bits per heavy atom. The van der Waals surface area contributed by atoms with Gasteiger partial charge in [0, 0.05) is 19.2 Å². The summed E-state index contributed by atoms with van der Waals surface area (Å²) in [4.78, 5) is 10.5. The normalized spacial score (nSPS) is 16.4. The van der Waals surface area contributed by atoms with Crippen LogP contribution in [0.5, 0.6) is 0 Å². The average Bonchev–Trinajstić information content (AvgIpc) is 2.89. The predicted molar refractivity (Wildman–Crippen MR) is 81.2 cm³/mol. The first kappa shape index (κ1) is 15.5. The maximum absolute atomic E-state index is 12.2. The Morgan fingerprint density at radius 3 is 2.57 bits per heavy atom. The molecule has 0 radical (unpaired) electrons. The Labute approximate surface area is 124 Å². The van der Waals surface area contributed by atoms with Crippen molar-refractivity contribution in [2.75, 3.05) is 17.8 Å². The van der Waals surface area contributed by atoms with Crippen LogP contribution < -0.4 is 4.72 Å². The van der Waals surface area contributed by atoms with Gasteiger partial charge < -0.3 is 5.11 Å². The molecule has 2 rings (SSSR count). The van der Waals surface area contributed by atoms with Crippen molar-refractivity contribution in [1.82, 2.24) is 4.31 Å². The van der Waals surface area contributed by atoms with E-state index in [-0.39, 0.29) is 0 Å². The molecule has 0 aromatic heterocycles. The molecule has 0 unspecified atom stereocenters. The van der Waals surface area contributed by atoms with E-state index in [1.165, 1.54) is 10.4 Å². The molecule has 114 valence electrons. The van der Waals surface area contributed by atoms with Gasteiger partial charge in [-0.05, 0) is 49.1 Å². The van der Waals surface area contributed by atoms with Crippen molar-refractivity contribution < 1.29 is 18.3 Å². The Balaban J connectivity index is 2.21. The van der Waals surface area contributed by atoms with Crippen LogP contribution in [-0.4, -0.2) is 36.9 Å². The van der Waals surface area contributed by atoms with Gasteiger partial charge in [0.05, 0.1) is 5.69 Å². The number of carboxylic acids is 1. The molecule has 1 aliphatic heterocycles. The molecule has 0 spiro atoms. The second kappa shape index (κ2) is 6.28. The summed E-state index contributed by atoms with van der Waals surface area (Å²) in [7, 11) is -3.53. The van der Waals surface area contributed by atoms with E-state index in [1.54, 1.807) is 18.2 Å². The fourth-order valence-electron chi connectivity index (χ4n) is 2.28. The molecule has 0 aliphatic carbocycles. The zero-order valence-corrected chi connectivity index (χ0v) is 12.6. The Kier molecular flexibility index (Phi) is 4.64. The fraction of sp³-hybridized carbons (Fsp3) is 0.357. The lowest BCUT2D eigenvalue weighted by Crippen LogP contribution is -2.33. The number of benzene rings is 1. The molecule has 0 saturated carbocycles. The van der Waals surface area contributed by atoms with E-state index >= 15 is 0 Å². The largest absolute Gasteiger partial charge is 0.478 e. The summed E-state index contributed by atoms with van der Waals surface area (Å²) >= 11 is 0. The highest BCUT2D eigenvalue weighted by Crippen LogP contribution is 2.20. The molecule has 1 saturated heterocycles. The molecule has 6 nitrogen and oxygen atoms in total. The van der Waals surface area contributed by atoms with Crippen LogP contribution in [0.1, 0.15) is 24.0 Å². The van der Waals surface area contributed by atoms with Gasteiger partial charge in [-0.15, -0.1) is 0 Å². The summed E-state index contributed by atoms with van der Waals surface area (Å²) in [6, 6.07) is 5.11. The highest BCUT2D eigenvalue weighted by atomic mass is 32.2. The number of carboxylic acid groups (broad SMARTS) is 1. The van der Waals surface area contributed by atoms with Gasteiger partial charge in [0.25, 0.3) is 0 Å². The molecule has 1 aromatic rings. The van der Waals surface area contributed by atoms with E-state index in [1.807, 2.05) is 6.92 Å². The SMILES string of the molecule is Cc1cc(/C=C/C(=O)O)cc(NS(=O)(=O)N2CCCC2)c1. The summed E-state index contributed by atoms with van der Waals surface area (Å²) in [6.45, 7) is 2.89. The maximum atomic E-state index is 12.2. The van der Waals surface area contributed by atoms with Crippen molar-refractivity contribution in [3.8, 4) is 0 Å². The monoisotopic (exact) mass is 310 g/mol. The minimum atomic E-state index is -3.53. The van der Waals surface area contributed by atoms with Crippen LogP contribution in [0.2, 0.25) is 0 Å². The molecule has 1 heterocycles. The van der Waals surface area contributed by atoms with E-state index in [2.05, 4.69) is 4.72 Å². The zero-order valence-electron chi connectivity index (χ0n) is 11.7. The van der Waals surface area contributed by atoms with Crippen LogP contribution in [0.4, 0.5) is 5.69 Å². The zero-order chi connectivity index (χ0) is 15.5. The molecule has 1 aromatic carbocycles. The fourth-order valence-corrected chi connectivity index (χ4v) is 3.56. The average molecular weight is 310 g/mol. The van der Waals surface area contributed by atoms with Crippen molar-refractivity contribution in [2.24, 2.45) is 0 Å². The Hall–Kier alpha value is -1.86. The van der Waals surface area contributed by atoms with Crippen LogP contribution >= 0.6 is 0 Å². The third-order valence-corrected chi connectivity index (χ3v) is 4.71. The van der Waals surface area contributed by atoms with Crippen molar-refractivity contribution >= 4 is 27.9 Å². The van der Waals surface area contributed by atoms with E-state index in [0.717, 1.165) is 24.5 Å². The molecule has 1 aliphatic rings. The first-order valence-corrected chi connectivity index (χ1v) is 8.11. The van der Waals surface area contributed by atoms with Gasteiger partial charge in [0.15, 0.2) is 0 Å². The number of nitrogens with one attached hydrogen (secondary N) is 1. The van der Waals surface area contributed by atoms with Crippen molar-refractivity contribution in [3.63, 3.8) is 0 Å². The predicted octanol–water partition coefficient (Wildman–Crippen LogP) is 1.85. The summed E-state index contributed by atoms with van der Waals surface area (Å²) in [5, 5.41) is 8.64. The third-order valence-electron chi connectivity index (χ3n) is 3.17. The van der Waals surface area contributed by atoms with Gasteiger partial charge >= 0.3 is 16.2 Å². The number of hydrogen-bond acceptors (Lipinski definition) is 3. The number of hydrogen-bond donors (Lipinski definition) is 2. The second-order valence-electron chi connectivity index (χ2n) is 5.02. The molecule has 0 bridgehead atoms. The standard InChI is InChI=1S/C14H18N2O4S/c1-11-8-12(4-5-14(17)18)10-13(9-11)15-21(19,20)16-6-2-3-7-16/h4-5,8-10,15H,2-3,6-7H2,1H3,(H,17,18)/b5-4+. The van der Waals surface area contributed by atoms with Crippen LogP contribution in [0.25, 0.3) is 6.08 Å². The topological polar surface area (TPSA) is 86.7 Å². The number of aliphatic carboxylic acids is 1. The summed E-state index contributed by atoms with van der Waals surface area (Å²) in [5.74, 6) is -1.05. The van der Waals surface area contributed by atoms with Gasteiger partial charge in [-0.1, -0.05) is 6.07 Å². The molecule has 2 N–H and O–H groups in total. The quantitative estimate of drug-likeness (QED) is 0.813. The Bertz CT molecular complexity index is 662. The molecular formula is C14H18N2O4S. The molecule has 21 heavy (non-hydrogen) atoms. The van der Waals surface area contributed by atoms with Gasteiger partial charge in [-0.3, -0.25) is 4.72 Å². The van der Waals surface area contributed by atoms with Crippen LogP contribution in [0.15, 0.2) is 24.3 Å². The summed E-state index contributed by atoms with van der Waals surface area (Å²) in [5.41, 5.74) is 1.92. The number of nitrogens with zero attached hydrogens (tertiary/aromatic N) is 1. The van der Waals surface area contributed by atoms with E-state index in [0.29, 0.717) is 24.3 Å². The highest BCUT2D eigenvalue weighted by molar-refractivity contribution is 7.90. The second-order valence-corrected chi connectivity index (χ2v) is 6.69. The van der Waals surface area contributed by atoms with Gasteiger partial charge in [-0.2, -0.15) is 12.7 Å². The van der Waals surface area contributed by atoms with E-state index in [9.17, 15) is 13.2 Å². The van der Waals surface area contributed by atoms with Gasteiger partial charge in [-0.25, -0.2) is 4.79 Å². The lowest BCUT2D eigenvalue weighted by Gasteiger charge is -2.17. The summed E-state index contributed by atoms with van der Waals surface area (Å²) in [6.07, 6.45) is 4.21. The summed E-state index contributed by atoms with van der Waals surface area (Å²) < 4.78 is 28.4. The number of anilines is 1. The van der Waals surface area contributed by atoms with E-state index in [4.69, 9.17) is 5.11 Å². The third kappa shape index (κ3) is 4.30. The minimum Gasteiger partial charge on any atom is -0.478 e. The Morgan fingerprint density at radius 1 is 1.29 bits per heavy atom. The molecular weight excluding hydrogens is 292 g/mol. The number of rotatable bonds is 5.